The Hall–Kier alpha value is -4.11. The van der Waals surface area contributed by atoms with Crippen LogP contribution in [0, 0.1) is 13.8 Å². The van der Waals surface area contributed by atoms with Crippen LogP contribution in [-0.4, -0.2) is 36.4 Å². The van der Waals surface area contributed by atoms with Crippen molar-refractivity contribution in [3.8, 4) is 11.5 Å². The second kappa shape index (κ2) is 11.3. The fourth-order valence-corrected chi connectivity index (χ4v) is 4.24. The molecule has 1 heterocycles. The maximum atomic E-state index is 12.9. The number of aryl methyl sites for hydroxylation is 2. The summed E-state index contributed by atoms with van der Waals surface area (Å²) in [6.45, 7) is 3.90. The van der Waals surface area contributed by atoms with Crippen LogP contribution in [0.4, 0.5) is 10.5 Å². The van der Waals surface area contributed by atoms with Crippen molar-refractivity contribution in [1.82, 2.24) is 10.2 Å². The smallest absolute Gasteiger partial charge is 0.329 e. The molecular weight excluding hydrogens is 538 g/mol. The lowest BCUT2D eigenvalue weighted by Gasteiger charge is -2.14. The molecule has 4 rings (SSSR count). The Morgan fingerprint density at radius 2 is 1.68 bits per heavy atom. The van der Waals surface area contributed by atoms with E-state index in [1.807, 2.05) is 50.2 Å². The third kappa shape index (κ3) is 6.37. The predicted octanol–water partition coefficient (Wildman–Crippen LogP) is 5.18. The molecule has 1 saturated heterocycles. The standard InChI is InChI=1S/C28H26BrN3O5/c1-17-4-8-19(9-5-17)16-37-26-22(29)12-20(14-24(26)36-3)13-23-27(34)32(28(35)31-23)15-25(33)30-21-10-6-18(2)7-11-21/h4-14H,15-16H2,1-3H3,(H,30,33)(H,31,35)/b23-13-. The third-order valence-electron chi connectivity index (χ3n) is 5.67. The van der Waals surface area contributed by atoms with E-state index in [9.17, 15) is 14.4 Å². The minimum absolute atomic E-state index is 0.0513. The normalized spacial score (nSPS) is 14.1. The Balaban J connectivity index is 1.46. The van der Waals surface area contributed by atoms with Crippen LogP contribution in [0.1, 0.15) is 22.3 Å². The van der Waals surface area contributed by atoms with Crippen LogP contribution in [0.2, 0.25) is 0 Å². The van der Waals surface area contributed by atoms with Gasteiger partial charge in [-0.15, -0.1) is 0 Å². The molecular formula is C28H26BrN3O5. The first kappa shape index (κ1) is 26.0. The van der Waals surface area contributed by atoms with Gasteiger partial charge in [0.2, 0.25) is 5.91 Å². The SMILES string of the molecule is COc1cc(/C=C2\NC(=O)N(CC(=O)Nc3ccc(C)cc3)C2=O)cc(Br)c1OCc1ccc(C)cc1. The van der Waals surface area contributed by atoms with Crippen molar-refractivity contribution in [2.75, 3.05) is 19.0 Å². The number of benzene rings is 3. The zero-order chi connectivity index (χ0) is 26.5. The summed E-state index contributed by atoms with van der Waals surface area (Å²) in [7, 11) is 1.52. The zero-order valence-corrected chi connectivity index (χ0v) is 22.2. The molecule has 0 atom stereocenters. The van der Waals surface area contributed by atoms with E-state index >= 15 is 0 Å². The minimum Gasteiger partial charge on any atom is -0.493 e. The Labute approximate surface area is 223 Å². The average molecular weight is 564 g/mol. The van der Waals surface area contributed by atoms with Crippen molar-refractivity contribution >= 4 is 45.5 Å². The summed E-state index contributed by atoms with van der Waals surface area (Å²) < 4.78 is 12.1. The van der Waals surface area contributed by atoms with E-state index in [4.69, 9.17) is 9.47 Å². The quantitative estimate of drug-likeness (QED) is 0.290. The highest BCUT2D eigenvalue weighted by molar-refractivity contribution is 9.10. The van der Waals surface area contributed by atoms with E-state index in [-0.39, 0.29) is 5.70 Å². The number of amides is 4. The Kier molecular flexibility index (Phi) is 7.93. The molecule has 8 nitrogen and oxygen atoms in total. The van der Waals surface area contributed by atoms with E-state index in [1.54, 1.807) is 24.3 Å². The molecule has 3 aromatic carbocycles. The van der Waals surface area contributed by atoms with Gasteiger partial charge in [-0.1, -0.05) is 47.5 Å². The molecule has 0 unspecified atom stereocenters. The van der Waals surface area contributed by atoms with Crippen molar-refractivity contribution in [2.45, 2.75) is 20.5 Å². The fourth-order valence-electron chi connectivity index (χ4n) is 3.67. The number of ether oxygens (including phenoxy) is 2. The largest absolute Gasteiger partial charge is 0.493 e. The number of carbonyl (C=O) groups is 3. The van der Waals surface area contributed by atoms with Gasteiger partial charge in [0.1, 0.15) is 18.8 Å². The van der Waals surface area contributed by atoms with Gasteiger partial charge in [0.15, 0.2) is 11.5 Å². The predicted molar refractivity (Wildman–Crippen MR) is 144 cm³/mol. The van der Waals surface area contributed by atoms with Gasteiger partial charge in [-0.05, 0) is 71.2 Å². The molecule has 0 aliphatic carbocycles. The van der Waals surface area contributed by atoms with Gasteiger partial charge in [0, 0.05) is 5.69 Å². The molecule has 9 heteroatoms. The van der Waals surface area contributed by atoms with Crippen LogP contribution in [0.3, 0.4) is 0 Å². The third-order valence-corrected chi connectivity index (χ3v) is 6.25. The summed E-state index contributed by atoms with van der Waals surface area (Å²) in [5.74, 6) is -0.104. The number of carbonyl (C=O) groups excluding carboxylic acids is 3. The summed E-state index contributed by atoms with van der Waals surface area (Å²) >= 11 is 3.51. The van der Waals surface area contributed by atoms with E-state index in [0.717, 1.165) is 16.0 Å². The van der Waals surface area contributed by atoms with Gasteiger partial charge in [-0.25, -0.2) is 9.69 Å². The first-order chi connectivity index (χ1) is 17.7. The minimum atomic E-state index is -0.667. The fraction of sp³-hybridized carbons (Fsp3) is 0.179. The van der Waals surface area contributed by atoms with Gasteiger partial charge in [-0.2, -0.15) is 0 Å². The Bertz CT molecular complexity index is 1370. The second-order valence-corrected chi connectivity index (χ2v) is 9.46. The number of nitrogens with one attached hydrogen (secondary N) is 2. The van der Waals surface area contributed by atoms with E-state index in [2.05, 4.69) is 26.6 Å². The number of anilines is 1. The van der Waals surface area contributed by atoms with Gasteiger partial charge in [-0.3, -0.25) is 9.59 Å². The van der Waals surface area contributed by atoms with Crippen LogP contribution in [0.15, 0.2) is 70.8 Å². The molecule has 2 N–H and O–H groups in total. The van der Waals surface area contributed by atoms with Gasteiger partial charge >= 0.3 is 6.03 Å². The van der Waals surface area contributed by atoms with Crippen LogP contribution >= 0.6 is 15.9 Å². The van der Waals surface area contributed by atoms with Crippen LogP contribution in [0.25, 0.3) is 6.08 Å². The maximum Gasteiger partial charge on any atom is 0.329 e. The summed E-state index contributed by atoms with van der Waals surface area (Å²) in [4.78, 5) is 38.6. The molecule has 0 radical (unpaired) electrons. The highest BCUT2D eigenvalue weighted by Crippen LogP contribution is 2.38. The molecule has 0 bridgehead atoms. The molecule has 1 aliphatic heterocycles. The lowest BCUT2D eigenvalue weighted by atomic mass is 10.1. The molecule has 0 spiro atoms. The number of urea groups is 1. The lowest BCUT2D eigenvalue weighted by Crippen LogP contribution is -2.38. The monoisotopic (exact) mass is 563 g/mol. The van der Waals surface area contributed by atoms with Crippen LogP contribution < -0.4 is 20.1 Å². The molecule has 190 valence electrons. The van der Waals surface area contributed by atoms with Gasteiger partial charge in [0.25, 0.3) is 5.91 Å². The number of methoxy groups -OCH3 is 1. The Morgan fingerprint density at radius 1 is 1.03 bits per heavy atom. The topological polar surface area (TPSA) is 97.0 Å². The molecule has 1 fully saturated rings. The number of hydrogen-bond acceptors (Lipinski definition) is 5. The zero-order valence-electron chi connectivity index (χ0n) is 20.6. The van der Waals surface area contributed by atoms with E-state index in [1.165, 1.54) is 18.7 Å². The molecule has 3 aromatic rings. The molecule has 1 aliphatic rings. The molecule has 0 saturated carbocycles. The highest BCUT2D eigenvalue weighted by atomic mass is 79.9. The maximum absolute atomic E-state index is 12.9. The van der Waals surface area contributed by atoms with Crippen molar-refractivity contribution in [3.63, 3.8) is 0 Å². The number of rotatable bonds is 8. The summed E-state index contributed by atoms with van der Waals surface area (Å²) in [6, 6.07) is 18.0. The van der Waals surface area contributed by atoms with Crippen molar-refractivity contribution in [1.29, 1.82) is 0 Å². The van der Waals surface area contributed by atoms with Gasteiger partial charge in [0.05, 0.1) is 11.6 Å². The van der Waals surface area contributed by atoms with Gasteiger partial charge < -0.3 is 20.1 Å². The number of imide groups is 1. The molecule has 4 amide bonds. The lowest BCUT2D eigenvalue weighted by molar-refractivity contribution is -0.127. The second-order valence-electron chi connectivity index (χ2n) is 8.60. The average Bonchev–Trinajstić information content (AvgIpc) is 3.12. The number of hydrogen-bond donors (Lipinski definition) is 2. The number of halogens is 1. The number of nitrogens with zero attached hydrogens (tertiary/aromatic N) is 1. The van der Waals surface area contributed by atoms with Crippen LogP contribution in [-0.2, 0) is 16.2 Å². The first-order valence-electron chi connectivity index (χ1n) is 11.5. The van der Waals surface area contributed by atoms with Crippen molar-refractivity contribution in [3.05, 3.63) is 93.1 Å². The summed E-state index contributed by atoms with van der Waals surface area (Å²) in [5.41, 5.74) is 4.46. The summed E-state index contributed by atoms with van der Waals surface area (Å²) in [5, 5.41) is 5.22. The summed E-state index contributed by atoms with van der Waals surface area (Å²) in [6.07, 6.45) is 1.52. The van der Waals surface area contributed by atoms with Crippen molar-refractivity contribution < 1.29 is 23.9 Å². The molecule has 0 aromatic heterocycles. The molecule has 37 heavy (non-hydrogen) atoms. The Morgan fingerprint density at radius 3 is 2.32 bits per heavy atom. The van der Waals surface area contributed by atoms with E-state index < -0.39 is 24.4 Å². The highest BCUT2D eigenvalue weighted by Gasteiger charge is 2.35. The van der Waals surface area contributed by atoms with Crippen molar-refractivity contribution in [2.24, 2.45) is 0 Å². The van der Waals surface area contributed by atoms with Crippen LogP contribution in [0.5, 0.6) is 11.5 Å². The first-order valence-corrected chi connectivity index (χ1v) is 12.3. The van der Waals surface area contributed by atoms with E-state index in [0.29, 0.717) is 33.8 Å².